The molecule has 6 nitrogen and oxygen atoms in total. The highest BCUT2D eigenvalue weighted by molar-refractivity contribution is 9.10. The van der Waals surface area contributed by atoms with Gasteiger partial charge >= 0.3 is 5.97 Å². The number of halogens is 1. The third-order valence-corrected chi connectivity index (χ3v) is 3.20. The number of carbonyl (C=O) groups excluding carboxylic acids is 1. The summed E-state index contributed by atoms with van der Waals surface area (Å²) in [5, 5.41) is 11.8. The summed E-state index contributed by atoms with van der Waals surface area (Å²) in [5.41, 5.74) is 1.17. The number of hydrogen-bond donors (Lipinski definition) is 2. The van der Waals surface area contributed by atoms with Crippen LogP contribution in [0, 0.1) is 0 Å². The number of benzene rings is 1. The molecule has 0 aliphatic heterocycles. The fourth-order valence-corrected chi connectivity index (χ4v) is 2.17. The Morgan fingerprint density at radius 3 is 2.73 bits per heavy atom. The first-order chi connectivity index (χ1) is 10.5. The third kappa shape index (κ3) is 3.76. The molecule has 2 aromatic rings. The molecule has 7 heteroatoms. The molecule has 0 bridgehead atoms. The van der Waals surface area contributed by atoms with Crippen LogP contribution in [0.3, 0.4) is 0 Å². The first-order valence-electron chi connectivity index (χ1n) is 6.22. The molecule has 0 fully saturated rings. The number of aromatic nitrogens is 1. The van der Waals surface area contributed by atoms with E-state index >= 15 is 0 Å². The van der Waals surface area contributed by atoms with Gasteiger partial charge in [0.1, 0.15) is 0 Å². The summed E-state index contributed by atoms with van der Waals surface area (Å²) in [4.78, 5) is 31.2. The van der Waals surface area contributed by atoms with E-state index in [-0.39, 0.29) is 11.3 Å². The van der Waals surface area contributed by atoms with Crippen LogP contribution in [0.5, 0.6) is 0 Å². The van der Waals surface area contributed by atoms with Gasteiger partial charge in [-0.2, -0.15) is 0 Å². The second-order valence-electron chi connectivity index (χ2n) is 4.34. The van der Waals surface area contributed by atoms with E-state index in [1.807, 2.05) is 0 Å². The molecule has 1 aromatic heterocycles. The Bertz CT molecular complexity index is 759. The predicted molar refractivity (Wildman–Crippen MR) is 86.8 cm³/mol. The number of pyridine rings is 1. The largest absolute Gasteiger partial charge is 0.478 e. The van der Waals surface area contributed by atoms with E-state index in [2.05, 4.69) is 31.2 Å². The van der Waals surface area contributed by atoms with Gasteiger partial charge in [-0.15, -0.1) is 0 Å². The summed E-state index contributed by atoms with van der Waals surface area (Å²) >= 11 is 3.23. The Kier molecular flexibility index (Phi) is 5.00. The summed E-state index contributed by atoms with van der Waals surface area (Å²) < 4.78 is 0.660. The molecule has 2 N–H and O–H groups in total. The summed E-state index contributed by atoms with van der Waals surface area (Å²) in [6, 6.07) is 6.25. The number of hydrogen-bond acceptors (Lipinski definition) is 4. The molecule has 1 aromatic carbocycles. The van der Waals surface area contributed by atoms with Crippen LogP contribution in [0.1, 0.15) is 26.3 Å². The van der Waals surface area contributed by atoms with Crippen LogP contribution in [-0.2, 0) is 0 Å². The molecule has 0 spiro atoms. The number of nitrogens with zero attached hydrogens (tertiary/aromatic N) is 2. The number of carboxylic acids is 1. The zero-order valence-electron chi connectivity index (χ0n) is 11.6. The van der Waals surface area contributed by atoms with Crippen LogP contribution in [-0.4, -0.2) is 35.2 Å². The zero-order valence-corrected chi connectivity index (χ0v) is 13.2. The minimum absolute atomic E-state index is 0.00583. The van der Waals surface area contributed by atoms with E-state index in [4.69, 9.17) is 0 Å². The van der Waals surface area contributed by atoms with Gasteiger partial charge < -0.3 is 10.4 Å². The third-order valence-electron chi connectivity index (χ3n) is 2.77. The van der Waals surface area contributed by atoms with Gasteiger partial charge in [0.15, 0.2) is 0 Å². The molecule has 2 rings (SSSR count). The van der Waals surface area contributed by atoms with E-state index in [1.54, 1.807) is 25.4 Å². The molecular weight excluding hydrogens is 350 g/mol. The molecule has 112 valence electrons. The van der Waals surface area contributed by atoms with Crippen LogP contribution in [0.15, 0.2) is 46.1 Å². The van der Waals surface area contributed by atoms with Gasteiger partial charge in [0.2, 0.25) is 0 Å². The van der Waals surface area contributed by atoms with Crippen LogP contribution in [0.4, 0.5) is 5.69 Å². The second-order valence-corrected chi connectivity index (χ2v) is 5.26. The fourth-order valence-electron chi connectivity index (χ4n) is 1.81. The maximum Gasteiger partial charge on any atom is 0.337 e. The van der Waals surface area contributed by atoms with E-state index in [1.165, 1.54) is 24.5 Å². The molecule has 22 heavy (non-hydrogen) atoms. The first kappa shape index (κ1) is 15.8. The number of aliphatic imine (C=N–C) groups is 1. The van der Waals surface area contributed by atoms with Gasteiger partial charge in [-0.1, -0.05) is 6.07 Å². The Morgan fingerprint density at radius 2 is 2.09 bits per heavy atom. The predicted octanol–water partition coefficient (Wildman–Crippen LogP) is 2.84. The quantitative estimate of drug-likeness (QED) is 0.819. The summed E-state index contributed by atoms with van der Waals surface area (Å²) in [5.74, 6) is -1.57. The number of nitrogens with one attached hydrogen (secondary N) is 1. The number of aromatic carboxylic acids is 1. The smallest absolute Gasteiger partial charge is 0.337 e. The van der Waals surface area contributed by atoms with Crippen molar-refractivity contribution in [2.75, 3.05) is 12.4 Å². The fraction of sp³-hybridized carbons (Fsp3) is 0.0667. The Balaban J connectivity index is 2.32. The van der Waals surface area contributed by atoms with Crippen molar-refractivity contribution < 1.29 is 14.7 Å². The molecule has 0 radical (unpaired) electrons. The molecule has 0 unspecified atom stereocenters. The van der Waals surface area contributed by atoms with Gasteiger partial charge in [0, 0.05) is 30.1 Å². The monoisotopic (exact) mass is 361 g/mol. The lowest BCUT2D eigenvalue weighted by Gasteiger charge is -2.09. The summed E-state index contributed by atoms with van der Waals surface area (Å²) in [6.07, 6.45) is 4.49. The number of carboxylic acid groups (broad SMARTS) is 1. The molecule has 0 aliphatic carbocycles. The normalized spacial score (nSPS) is 10.6. The molecule has 0 aliphatic rings. The Morgan fingerprint density at radius 1 is 1.32 bits per heavy atom. The van der Waals surface area contributed by atoms with Crippen molar-refractivity contribution in [1.29, 1.82) is 0 Å². The number of carbonyl (C=O) groups is 2. The lowest BCUT2D eigenvalue weighted by Crippen LogP contribution is -2.15. The van der Waals surface area contributed by atoms with E-state index in [0.29, 0.717) is 15.6 Å². The van der Waals surface area contributed by atoms with Crippen LogP contribution in [0.2, 0.25) is 0 Å². The highest BCUT2D eigenvalue weighted by Gasteiger charge is 2.14. The Hall–Kier alpha value is -2.54. The summed E-state index contributed by atoms with van der Waals surface area (Å²) in [6.45, 7) is 0. The molecule has 1 heterocycles. The van der Waals surface area contributed by atoms with Crippen molar-refractivity contribution >= 4 is 39.7 Å². The highest BCUT2D eigenvalue weighted by atomic mass is 79.9. The average molecular weight is 362 g/mol. The molecule has 0 atom stereocenters. The van der Waals surface area contributed by atoms with E-state index < -0.39 is 11.9 Å². The number of rotatable bonds is 4. The molecule has 0 saturated carbocycles. The maximum absolute atomic E-state index is 12.2. The van der Waals surface area contributed by atoms with E-state index in [9.17, 15) is 14.7 Å². The number of amides is 1. The van der Waals surface area contributed by atoms with Crippen molar-refractivity contribution in [3.63, 3.8) is 0 Å². The highest BCUT2D eigenvalue weighted by Crippen LogP contribution is 2.19. The van der Waals surface area contributed by atoms with Gasteiger partial charge in [-0.05, 0) is 39.7 Å². The lowest BCUT2D eigenvalue weighted by molar-refractivity contribution is 0.0698. The topological polar surface area (TPSA) is 91.7 Å². The standard InChI is InChI=1S/C15H12BrN3O3/c1-17-6-9-2-3-13(12(4-9)15(21)22)19-14(20)10-5-11(16)8-18-7-10/h2-8H,1H3,(H,19,20)(H,21,22). The van der Waals surface area contributed by atoms with Gasteiger partial charge in [0.25, 0.3) is 5.91 Å². The minimum Gasteiger partial charge on any atom is -0.478 e. The van der Waals surface area contributed by atoms with Crippen LogP contribution >= 0.6 is 15.9 Å². The van der Waals surface area contributed by atoms with Gasteiger partial charge in [0.05, 0.1) is 16.8 Å². The van der Waals surface area contributed by atoms with Crippen molar-refractivity contribution in [2.24, 2.45) is 4.99 Å². The van der Waals surface area contributed by atoms with Gasteiger partial charge in [-0.25, -0.2) is 4.79 Å². The van der Waals surface area contributed by atoms with Gasteiger partial charge in [-0.3, -0.25) is 14.8 Å². The SMILES string of the molecule is CN=Cc1ccc(NC(=O)c2cncc(Br)c2)c(C(=O)O)c1. The van der Waals surface area contributed by atoms with E-state index in [0.717, 1.165) is 0 Å². The number of anilines is 1. The average Bonchev–Trinajstić information content (AvgIpc) is 2.48. The molecule has 1 amide bonds. The van der Waals surface area contributed by atoms with Crippen LogP contribution in [0.25, 0.3) is 0 Å². The van der Waals surface area contributed by atoms with Crippen molar-refractivity contribution in [3.8, 4) is 0 Å². The Labute approximate surface area is 135 Å². The minimum atomic E-state index is -1.13. The first-order valence-corrected chi connectivity index (χ1v) is 7.02. The maximum atomic E-state index is 12.2. The summed E-state index contributed by atoms with van der Waals surface area (Å²) in [7, 11) is 1.59. The van der Waals surface area contributed by atoms with Crippen molar-refractivity contribution in [3.05, 3.63) is 57.8 Å². The lowest BCUT2D eigenvalue weighted by atomic mass is 10.1. The van der Waals surface area contributed by atoms with Crippen LogP contribution < -0.4 is 5.32 Å². The van der Waals surface area contributed by atoms with Crippen molar-refractivity contribution in [2.45, 2.75) is 0 Å². The molecular formula is C15H12BrN3O3. The molecule has 0 saturated heterocycles. The second kappa shape index (κ2) is 6.95. The van der Waals surface area contributed by atoms with Crippen molar-refractivity contribution in [1.82, 2.24) is 4.98 Å². The zero-order chi connectivity index (χ0) is 16.1.